The first-order valence-corrected chi connectivity index (χ1v) is 9.61. The standard InChI is InChI=1S/C21H24N2O4S/c1-20(2)11-21(23-19(28)22-20)10-14(12-6-4-5-7-16(12)26-3)13-8-9-15(24)17(25)18(13)27-21/h4-9,14,24-25H,10-11H2,1-3H3,(H2,22,23,28)/t14-,21+/m1/s1. The van der Waals surface area contributed by atoms with E-state index in [1.54, 1.807) is 13.2 Å². The Morgan fingerprint density at radius 3 is 2.57 bits per heavy atom. The maximum absolute atomic E-state index is 10.6. The fourth-order valence-corrected chi connectivity index (χ4v) is 4.86. The molecule has 0 unspecified atom stereocenters. The Kier molecular flexibility index (Phi) is 4.30. The minimum atomic E-state index is -0.824. The average molecular weight is 401 g/mol. The van der Waals surface area contributed by atoms with Gasteiger partial charge in [-0.05, 0) is 38.2 Å². The molecule has 148 valence electrons. The number of benzene rings is 2. The van der Waals surface area contributed by atoms with Gasteiger partial charge in [-0.3, -0.25) is 0 Å². The number of methoxy groups -OCH3 is 1. The van der Waals surface area contributed by atoms with Crippen LogP contribution in [-0.2, 0) is 0 Å². The van der Waals surface area contributed by atoms with Crippen molar-refractivity contribution >= 4 is 17.3 Å². The molecule has 2 aromatic carbocycles. The van der Waals surface area contributed by atoms with Crippen LogP contribution >= 0.6 is 12.2 Å². The Morgan fingerprint density at radius 1 is 1.11 bits per heavy atom. The van der Waals surface area contributed by atoms with Crippen LogP contribution in [0.1, 0.15) is 43.7 Å². The molecule has 0 radical (unpaired) electrons. The van der Waals surface area contributed by atoms with Crippen molar-refractivity contribution in [2.45, 2.75) is 43.9 Å². The average Bonchev–Trinajstić information content (AvgIpc) is 2.62. The summed E-state index contributed by atoms with van der Waals surface area (Å²) in [7, 11) is 1.64. The van der Waals surface area contributed by atoms with Gasteiger partial charge >= 0.3 is 0 Å². The molecular weight excluding hydrogens is 376 g/mol. The van der Waals surface area contributed by atoms with E-state index in [-0.39, 0.29) is 28.7 Å². The zero-order chi connectivity index (χ0) is 20.1. The summed E-state index contributed by atoms with van der Waals surface area (Å²) in [4.78, 5) is 0. The first-order valence-electron chi connectivity index (χ1n) is 9.21. The summed E-state index contributed by atoms with van der Waals surface area (Å²) in [6.45, 7) is 4.11. The zero-order valence-corrected chi connectivity index (χ0v) is 16.9. The number of phenolic OH excluding ortho intramolecular Hbond substituents is 2. The van der Waals surface area contributed by atoms with Crippen LogP contribution < -0.4 is 20.1 Å². The van der Waals surface area contributed by atoms with E-state index in [1.807, 2.05) is 24.3 Å². The van der Waals surface area contributed by atoms with Crippen LogP contribution in [0, 0.1) is 0 Å². The maximum Gasteiger partial charge on any atom is 0.200 e. The van der Waals surface area contributed by atoms with Crippen LogP contribution in [0.3, 0.4) is 0 Å². The van der Waals surface area contributed by atoms with Crippen molar-refractivity contribution in [3.63, 3.8) is 0 Å². The maximum atomic E-state index is 10.6. The van der Waals surface area contributed by atoms with E-state index in [0.29, 0.717) is 18.0 Å². The van der Waals surface area contributed by atoms with Gasteiger partial charge in [0.1, 0.15) is 5.75 Å². The van der Waals surface area contributed by atoms with Gasteiger partial charge in [-0.25, -0.2) is 0 Å². The second-order valence-electron chi connectivity index (χ2n) is 8.09. The fraction of sp³-hybridized carbons (Fsp3) is 0.381. The Labute approximate surface area is 169 Å². The number of rotatable bonds is 2. The van der Waals surface area contributed by atoms with Gasteiger partial charge in [-0.1, -0.05) is 24.3 Å². The Bertz CT molecular complexity index is 946. The van der Waals surface area contributed by atoms with Crippen molar-refractivity contribution in [1.82, 2.24) is 10.6 Å². The molecule has 0 bridgehead atoms. The Morgan fingerprint density at radius 2 is 1.86 bits per heavy atom. The predicted octanol–water partition coefficient (Wildman–Crippen LogP) is 3.36. The minimum absolute atomic E-state index is 0.115. The summed E-state index contributed by atoms with van der Waals surface area (Å²) < 4.78 is 11.9. The highest BCUT2D eigenvalue weighted by Crippen LogP contribution is 2.53. The third kappa shape index (κ3) is 3.09. The summed E-state index contributed by atoms with van der Waals surface area (Å²) in [5.74, 6) is 0.440. The van der Waals surface area contributed by atoms with Gasteiger partial charge in [0.05, 0.1) is 7.11 Å². The summed E-state index contributed by atoms with van der Waals surface area (Å²) in [6, 6.07) is 11.1. The quantitative estimate of drug-likeness (QED) is 0.454. The second kappa shape index (κ2) is 6.44. The van der Waals surface area contributed by atoms with E-state index in [1.165, 1.54) is 6.07 Å². The van der Waals surface area contributed by atoms with Crippen LogP contribution in [0.5, 0.6) is 23.0 Å². The molecule has 1 spiro atoms. The van der Waals surface area contributed by atoms with Crippen molar-refractivity contribution in [2.75, 3.05) is 7.11 Å². The Hall–Kier alpha value is -2.67. The highest BCUT2D eigenvalue weighted by molar-refractivity contribution is 7.80. The number of hydrogen-bond donors (Lipinski definition) is 4. The molecule has 2 aromatic rings. The summed E-state index contributed by atoms with van der Waals surface area (Å²) >= 11 is 5.43. The number of nitrogens with one attached hydrogen (secondary N) is 2. The van der Waals surface area contributed by atoms with Crippen LogP contribution in [0.4, 0.5) is 0 Å². The minimum Gasteiger partial charge on any atom is -0.504 e. The van der Waals surface area contributed by atoms with E-state index in [0.717, 1.165) is 16.9 Å². The molecule has 7 heteroatoms. The van der Waals surface area contributed by atoms with Crippen LogP contribution in [0.25, 0.3) is 0 Å². The van der Waals surface area contributed by atoms with Crippen LogP contribution in [-0.4, -0.2) is 33.7 Å². The lowest BCUT2D eigenvalue weighted by molar-refractivity contribution is -0.0151. The third-order valence-corrected chi connectivity index (χ3v) is 5.59. The smallest absolute Gasteiger partial charge is 0.200 e. The molecule has 2 aliphatic heterocycles. The van der Waals surface area contributed by atoms with Crippen LogP contribution in [0.2, 0.25) is 0 Å². The normalized spacial score (nSPS) is 25.2. The lowest BCUT2D eigenvalue weighted by atomic mass is 9.77. The van der Waals surface area contributed by atoms with Gasteiger partial charge in [-0.2, -0.15) is 0 Å². The van der Waals surface area contributed by atoms with E-state index in [4.69, 9.17) is 21.7 Å². The molecule has 4 rings (SSSR count). The lowest BCUT2D eigenvalue weighted by Crippen LogP contribution is -2.69. The van der Waals surface area contributed by atoms with Crippen LogP contribution in [0.15, 0.2) is 36.4 Å². The molecule has 1 saturated heterocycles. The molecule has 0 amide bonds. The van der Waals surface area contributed by atoms with Gasteiger partial charge < -0.3 is 30.3 Å². The number of thiocarbonyl (C=S) groups is 1. The lowest BCUT2D eigenvalue weighted by Gasteiger charge is -2.50. The first kappa shape index (κ1) is 18.7. The number of aromatic hydroxyl groups is 2. The predicted molar refractivity (Wildman–Crippen MR) is 110 cm³/mol. The highest BCUT2D eigenvalue weighted by Gasteiger charge is 2.49. The molecular formula is C21H24N2O4S. The van der Waals surface area contributed by atoms with E-state index < -0.39 is 5.72 Å². The van der Waals surface area contributed by atoms with Gasteiger partial charge in [0.15, 0.2) is 22.3 Å². The second-order valence-corrected chi connectivity index (χ2v) is 8.49. The molecule has 0 aliphatic carbocycles. The molecule has 2 aliphatic rings. The molecule has 6 nitrogen and oxygen atoms in total. The van der Waals surface area contributed by atoms with E-state index in [2.05, 4.69) is 24.5 Å². The third-order valence-electron chi connectivity index (χ3n) is 5.38. The fourth-order valence-electron chi connectivity index (χ4n) is 4.40. The molecule has 2 heterocycles. The zero-order valence-electron chi connectivity index (χ0n) is 16.1. The van der Waals surface area contributed by atoms with Crippen molar-refractivity contribution in [2.24, 2.45) is 0 Å². The molecule has 4 N–H and O–H groups in total. The van der Waals surface area contributed by atoms with Crippen molar-refractivity contribution in [3.8, 4) is 23.0 Å². The molecule has 2 atom stereocenters. The number of fused-ring (bicyclic) bond motifs is 1. The van der Waals surface area contributed by atoms with Gasteiger partial charge in [0.25, 0.3) is 0 Å². The van der Waals surface area contributed by atoms with Crippen molar-refractivity contribution in [3.05, 3.63) is 47.5 Å². The number of ether oxygens (including phenoxy) is 2. The SMILES string of the molecule is COc1ccccc1[C@H]1C[C@@]2(CC(C)(C)NC(=S)N2)Oc2c1ccc(O)c2O. The number of para-hydroxylation sites is 1. The number of hydrogen-bond acceptors (Lipinski definition) is 5. The monoisotopic (exact) mass is 400 g/mol. The molecule has 0 saturated carbocycles. The Balaban J connectivity index is 1.89. The van der Waals surface area contributed by atoms with Crippen molar-refractivity contribution < 1.29 is 19.7 Å². The van der Waals surface area contributed by atoms with E-state index in [9.17, 15) is 10.2 Å². The topological polar surface area (TPSA) is 83.0 Å². The van der Waals surface area contributed by atoms with Gasteiger partial charge in [0.2, 0.25) is 5.75 Å². The van der Waals surface area contributed by atoms with Gasteiger partial charge in [0, 0.05) is 35.4 Å². The summed E-state index contributed by atoms with van der Waals surface area (Å²) in [5, 5.41) is 27.7. The summed E-state index contributed by atoms with van der Waals surface area (Å²) in [5.41, 5.74) is 0.672. The first-order chi connectivity index (χ1) is 13.2. The van der Waals surface area contributed by atoms with Gasteiger partial charge in [-0.15, -0.1) is 0 Å². The number of phenols is 2. The van der Waals surface area contributed by atoms with E-state index >= 15 is 0 Å². The molecule has 0 aromatic heterocycles. The molecule has 28 heavy (non-hydrogen) atoms. The molecule has 1 fully saturated rings. The highest BCUT2D eigenvalue weighted by atomic mass is 32.1. The summed E-state index contributed by atoms with van der Waals surface area (Å²) in [6.07, 6.45) is 1.20. The van der Waals surface area contributed by atoms with Crippen molar-refractivity contribution in [1.29, 1.82) is 0 Å². The largest absolute Gasteiger partial charge is 0.504 e.